The van der Waals surface area contributed by atoms with E-state index >= 15 is 0 Å². The maximum atomic E-state index is 12.0. The molecule has 0 aromatic heterocycles. The summed E-state index contributed by atoms with van der Waals surface area (Å²) in [6, 6.07) is 0. The molecule has 0 bridgehead atoms. The molecule has 0 aliphatic heterocycles. The van der Waals surface area contributed by atoms with E-state index in [1.54, 1.807) is 0 Å². The molecule has 3 nitrogen and oxygen atoms in total. The molecule has 0 saturated carbocycles. The Hall–Kier alpha value is -0.300. The van der Waals surface area contributed by atoms with Gasteiger partial charge in [0.25, 0.3) is 0 Å². The van der Waals surface area contributed by atoms with Crippen molar-refractivity contribution in [1.29, 1.82) is 0 Å². The van der Waals surface area contributed by atoms with Crippen molar-refractivity contribution in [3.63, 3.8) is 0 Å². The molecule has 0 rings (SSSR count). The van der Waals surface area contributed by atoms with E-state index in [4.69, 9.17) is 5.73 Å². The molecule has 0 atom stereocenters. The molecule has 7 heteroatoms. The molecule has 0 aromatic rings. The zero-order chi connectivity index (χ0) is 15.5. The van der Waals surface area contributed by atoms with Gasteiger partial charge < -0.3 is 5.73 Å². The molecule has 0 radical (unpaired) electrons. The smallest absolute Gasteiger partial charge is 0.330 e. The molecule has 0 aromatic carbocycles. The third-order valence-electron chi connectivity index (χ3n) is 3.22. The Bertz CT molecular complexity index is 329. The van der Waals surface area contributed by atoms with E-state index in [9.17, 15) is 21.6 Å². The maximum absolute atomic E-state index is 12.0. The summed E-state index contributed by atoms with van der Waals surface area (Å²) in [4.78, 5) is 0. The summed E-state index contributed by atoms with van der Waals surface area (Å²) in [5.41, 5.74) is 0.281. The van der Waals surface area contributed by atoms with Gasteiger partial charge >= 0.3 is 5.51 Å². The van der Waals surface area contributed by atoms with Crippen molar-refractivity contribution in [1.82, 2.24) is 0 Å². The number of halogens is 3. The van der Waals surface area contributed by atoms with Crippen LogP contribution in [0.2, 0.25) is 0 Å². The summed E-state index contributed by atoms with van der Waals surface area (Å²) < 4.78 is 57.7. The van der Waals surface area contributed by atoms with Crippen LogP contribution in [0.3, 0.4) is 0 Å². The van der Waals surface area contributed by atoms with Crippen molar-refractivity contribution in [2.24, 2.45) is 5.73 Å². The lowest BCUT2D eigenvalue weighted by molar-refractivity contribution is -0.0435. The van der Waals surface area contributed by atoms with Gasteiger partial charge in [-0.15, -0.1) is 0 Å². The number of rotatable bonds is 12. The summed E-state index contributed by atoms with van der Waals surface area (Å²) >= 11 is 0. The monoisotopic (exact) mass is 317 g/mol. The van der Waals surface area contributed by atoms with Gasteiger partial charge in [-0.3, -0.25) is 0 Å². The fraction of sp³-hybridized carbons (Fsp3) is 1.00. The predicted molar refractivity (Wildman–Crippen MR) is 75.1 cm³/mol. The second-order valence-electron chi connectivity index (χ2n) is 5.09. The standard InChI is InChI=1S/C13H26F3NO2S/c14-13(15,16)20(18,19)12-10-8-6-4-2-1-3-5-7-9-11-17/h1-12,17H2. The summed E-state index contributed by atoms with van der Waals surface area (Å²) in [6.07, 6.45) is 9.17. The summed E-state index contributed by atoms with van der Waals surface area (Å²) in [6.45, 7) is 0.737. The highest BCUT2D eigenvalue weighted by Crippen LogP contribution is 2.24. The van der Waals surface area contributed by atoms with Crippen LogP contribution in [-0.2, 0) is 9.84 Å². The number of sulfone groups is 1. The fourth-order valence-electron chi connectivity index (χ4n) is 1.97. The molecular formula is C13H26F3NO2S. The minimum Gasteiger partial charge on any atom is -0.330 e. The number of hydrogen-bond donors (Lipinski definition) is 1. The lowest BCUT2D eigenvalue weighted by Crippen LogP contribution is -2.26. The maximum Gasteiger partial charge on any atom is 0.497 e. The van der Waals surface area contributed by atoms with E-state index in [1.807, 2.05) is 0 Å². The third kappa shape index (κ3) is 9.58. The lowest BCUT2D eigenvalue weighted by Gasteiger charge is -2.07. The highest BCUT2D eigenvalue weighted by molar-refractivity contribution is 7.92. The van der Waals surface area contributed by atoms with Gasteiger partial charge in [-0.05, 0) is 19.4 Å². The van der Waals surface area contributed by atoms with Crippen molar-refractivity contribution in [3.8, 4) is 0 Å². The Kier molecular flexibility index (Phi) is 10.3. The first-order chi connectivity index (χ1) is 9.31. The largest absolute Gasteiger partial charge is 0.497 e. The van der Waals surface area contributed by atoms with Crippen LogP contribution in [0.1, 0.15) is 64.2 Å². The van der Waals surface area contributed by atoms with E-state index in [-0.39, 0.29) is 6.42 Å². The zero-order valence-corrected chi connectivity index (χ0v) is 12.7. The molecule has 0 heterocycles. The summed E-state index contributed by atoms with van der Waals surface area (Å²) in [5.74, 6) is -0.782. The minimum absolute atomic E-state index is 0.0956. The van der Waals surface area contributed by atoms with Crippen LogP contribution in [0.4, 0.5) is 13.2 Å². The molecule has 122 valence electrons. The summed E-state index contributed by atoms with van der Waals surface area (Å²) in [7, 11) is -4.92. The van der Waals surface area contributed by atoms with Crippen molar-refractivity contribution in [2.45, 2.75) is 69.7 Å². The molecular weight excluding hydrogens is 291 g/mol. The van der Waals surface area contributed by atoms with Crippen LogP contribution in [-0.4, -0.2) is 26.2 Å². The Morgan fingerprint density at radius 3 is 1.40 bits per heavy atom. The quantitative estimate of drug-likeness (QED) is 0.557. The van der Waals surface area contributed by atoms with Crippen LogP contribution < -0.4 is 5.73 Å². The highest BCUT2D eigenvalue weighted by atomic mass is 32.2. The number of unbranched alkanes of at least 4 members (excludes halogenated alkanes) is 9. The van der Waals surface area contributed by atoms with Crippen LogP contribution in [0.5, 0.6) is 0 Å². The van der Waals surface area contributed by atoms with Crippen molar-refractivity contribution in [2.75, 3.05) is 12.3 Å². The molecule has 0 amide bonds. The van der Waals surface area contributed by atoms with Crippen LogP contribution in [0, 0.1) is 0 Å². The van der Waals surface area contributed by atoms with E-state index in [0.29, 0.717) is 6.42 Å². The van der Waals surface area contributed by atoms with Crippen molar-refractivity contribution in [3.05, 3.63) is 0 Å². The molecule has 0 unspecified atom stereocenters. The Morgan fingerprint density at radius 1 is 0.700 bits per heavy atom. The van der Waals surface area contributed by atoms with Crippen LogP contribution in [0.15, 0.2) is 0 Å². The highest BCUT2D eigenvalue weighted by Gasteiger charge is 2.44. The van der Waals surface area contributed by atoms with Gasteiger partial charge in [0.05, 0.1) is 5.75 Å². The van der Waals surface area contributed by atoms with Gasteiger partial charge in [0.15, 0.2) is 0 Å². The third-order valence-corrected chi connectivity index (χ3v) is 4.75. The average Bonchev–Trinajstić information content (AvgIpc) is 2.34. The molecule has 0 saturated heterocycles. The van der Waals surface area contributed by atoms with Gasteiger partial charge in [0, 0.05) is 0 Å². The number of hydrogen-bond acceptors (Lipinski definition) is 3. The normalized spacial score (nSPS) is 12.8. The van der Waals surface area contributed by atoms with Crippen molar-refractivity contribution >= 4 is 9.84 Å². The fourth-order valence-corrected chi connectivity index (χ4v) is 2.78. The van der Waals surface area contributed by atoms with E-state index < -0.39 is 21.1 Å². The molecule has 0 spiro atoms. The molecule has 0 aliphatic carbocycles. The van der Waals surface area contributed by atoms with Gasteiger partial charge in [0.1, 0.15) is 0 Å². The Morgan fingerprint density at radius 2 is 1.05 bits per heavy atom. The Balaban J connectivity index is 3.38. The van der Waals surface area contributed by atoms with Crippen LogP contribution in [0.25, 0.3) is 0 Å². The Labute approximate surface area is 120 Å². The topological polar surface area (TPSA) is 60.2 Å². The number of alkyl halides is 3. The molecule has 2 N–H and O–H groups in total. The van der Waals surface area contributed by atoms with Gasteiger partial charge in [-0.2, -0.15) is 13.2 Å². The van der Waals surface area contributed by atoms with E-state index in [1.165, 1.54) is 12.8 Å². The molecule has 20 heavy (non-hydrogen) atoms. The number of nitrogens with two attached hydrogens (primary N) is 1. The van der Waals surface area contributed by atoms with E-state index in [0.717, 1.165) is 45.1 Å². The average molecular weight is 317 g/mol. The first kappa shape index (κ1) is 19.7. The lowest BCUT2D eigenvalue weighted by atomic mass is 10.1. The van der Waals surface area contributed by atoms with E-state index in [2.05, 4.69) is 0 Å². The van der Waals surface area contributed by atoms with Gasteiger partial charge in [-0.1, -0.05) is 51.4 Å². The first-order valence-corrected chi connectivity index (χ1v) is 8.95. The van der Waals surface area contributed by atoms with Gasteiger partial charge in [0.2, 0.25) is 9.84 Å². The van der Waals surface area contributed by atoms with Crippen molar-refractivity contribution < 1.29 is 21.6 Å². The zero-order valence-electron chi connectivity index (χ0n) is 11.9. The van der Waals surface area contributed by atoms with Crippen LogP contribution >= 0.6 is 0 Å². The summed E-state index contributed by atoms with van der Waals surface area (Å²) in [5, 5.41) is 0. The second-order valence-corrected chi connectivity index (χ2v) is 7.19. The minimum atomic E-state index is -5.10. The second kappa shape index (κ2) is 10.4. The SMILES string of the molecule is NCCCCCCCCCCCCS(=O)(=O)C(F)(F)F. The predicted octanol–water partition coefficient (Wildman–Crippen LogP) is 3.78. The first-order valence-electron chi connectivity index (χ1n) is 7.30. The molecule has 0 aliphatic rings. The molecule has 0 fully saturated rings. The van der Waals surface area contributed by atoms with Gasteiger partial charge in [-0.25, -0.2) is 8.42 Å².